The fourth-order valence-electron chi connectivity index (χ4n) is 1.50. The summed E-state index contributed by atoms with van der Waals surface area (Å²) in [6.45, 7) is 1.64. The molecule has 0 aromatic heterocycles. The molecule has 3 N–H and O–H groups in total. The molecule has 0 spiro atoms. The van der Waals surface area contributed by atoms with Crippen LogP contribution in [0.4, 0.5) is 5.69 Å². The van der Waals surface area contributed by atoms with E-state index in [-0.39, 0.29) is 18.3 Å². The molecule has 0 saturated carbocycles. The van der Waals surface area contributed by atoms with Gasteiger partial charge in [-0.3, -0.25) is 0 Å². The van der Waals surface area contributed by atoms with E-state index >= 15 is 0 Å². The normalized spacial score (nSPS) is 23.0. The zero-order valence-corrected chi connectivity index (χ0v) is 13.3. The number of aliphatic hydroxyl groups is 1. The van der Waals surface area contributed by atoms with Crippen LogP contribution in [0, 0.1) is 0 Å². The number of anilines is 1. The molecular weight excluding hydrogens is 333 g/mol. The van der Waals surface area contributed by atoms with Gasteiger partial charge in [0.25, 0.3) is 0 Å². The van der Waals surface area contributed by atoms with Gasteiger partial charge in [0.15, 0.2) is 0 Å². The topological polar surface area (TPSA) is 69.6 Å². The number of benzene rings is 1. The van der Waals surface area contributed by atoms with Crippen molar-refractivity contribution in [3.63, 3.8) is 0 Å². The number of hydrogen-bond donors (Lipinski definition) is 3. The van der Waals surface area contributed by atoms with E-state index in [1.54, 1.807) is 6.07 Å². The molecule has 1 unspecified atom stereocenters. The molecule has 18 heavy (non-hydrogen) atoms. The Morgan fingerprint density at radius 2 is 2.39 bits per heavy atom. The van der Waals surface area contributed by atoms with Crippen molar-refractivity contribution in [1.82, 2.24) is 0 Å². The number of carbonyl (C=O) groups is 1. The van der Waals surface area contributed by atoms with E-state index in [2.05, 4.69) is 5.32 Å². The molecule has 1 amide bonds. The Morgan fingerprint density at radius 3 is 3.00 bits per heavy atom. The summed E-state index contributed by atoms with van der Waals surface area (Å²) in [6.07, 6.45) is 0. The molecule has 2 atom stereocenters. The molecule has 0 bridgehead atoms. The van der Waals surface area contributed by atoms with E-state index in [0.717, 1.165) is 5.75 Å². The third-order valence-corrected chi connectivity index (χ3v) is 16.3. The van der Waals surface area contributed by atoms with Crippen molar-refractivity contribution in [1.29, 1.82) is 0 Å². The monoisotopic (exact) mass is 347 g/mol. The number of nitrogens with one attached hydrogen (secondary N) is 1. The zero-order valence-electron chi connectivity index (χ0n) is 9.79. The van der Waals surface area contributed by atoms with Gasteiger partial charge in [-0.1, -0.05) is 0 Å². The number of carbonyl (C=O) groups excluding carboxylic acids is 1. The number of phenolic OH excluding ortho intramolecular Hbond substituents is 1. The average molecular weight is 347 g/mol. The second-order valence-electron chi connectivity index (χ2n) is 3.85. The van der Waals surface area contributed by atoms with E-state index in [9.17, 15) is 9.90 Å². The van der Waals surface area contributed by atoms with Gasteiger partial charge in [0.05, 0.1) is 0 Å². The summed E-state index contributed by atoms with van der Waals surface area (Å²) in [5.74, 6) is 0.887. The minimum absolute atomic E-state index is 0.0934. The maximum absolute atomic E-state index is 11.0. The van der Waals surface area contributed by atoms with Crippen molar-refractivity contribution in [2.45, 2.75) is 12.2 Å². The zero-order chi connectivity index (χ0) is 13.1. The van der Waals surface area contributed by atoms with Crippen LogP contribution in [0.2, 0.25) is 0 Å². The van der Waals surface area contributed by atoms with E-state index in [1.807, 2.05) is 32.2 Å². The SMILES string of the molecule is CC(=O)Nc1cc([As]2SC[C@@H](CO)S2)ccc1O. The fraction of sp³-hybridized carbons (Fsp3) is 0.364. The van der Waals surface area contributed by atoms with Crippen LogP contribution in [0.15, 0.2) is 18.2 Å². The van der Waals surface area contributed by atoms with Crippen LogP contribution in [0.5, 0.6) is 5.75 Å². The first-order valence-electron chi connectivity index (χ1n) is 5.41. The Hall–Kier alpha value is -0.292. The first kappa shape index (κ1) is 14.1. The van der Waals surface area contributed by atoms with E-state index in [1.165, 1.54) is 11.3 Å². The van der Waals surface area contributed by atoms with Crippen LogP contribution in [0.1, 0.15) is 6.92 Å². The predicted octanol–water partition coefficient (Wildman–Crippen LogP) is 0.887. The van der Waals surface area contributed by atoms with Crippen molar-refractivity contribution >= 4 is 48.3 Å². The summed E-state index contributed by atoms with van der Waals surface area (Å²) in [4.78, 5) is 11.0. The summed E-state index contributed by atoms with van der Waals surface area (Å²) in [7, 11) is 3.78. The number of aliphatic hydroxyl groups excluding tert-OH is 1. The predicted molar refractivity (Wildman–Crippen MR) is 78.7 cm³/mol. The summed E-state index contributed by atoms with van der Waals surface area (Å²) < 4.78 is 1.19. The number of rotatable bonds is 3. The van der Waals surface area contributed by atoms with E-state index < -0.39 is 12.3 Å². The van der Waals surface area contributed by atoms with Crippen LogP contribution in [0.25, 0.3) is 0 Å². The van der Waals surface area contributed by atoms with Crippen molar-refractivity contribution in [2.24, 2.45) is 0 Å². The maximum atomic E-state index is 11.0. The standard InChI is InChI=1S/C11H14AsNO3S2/c1-7(15)13-10-4-8(2-3-11(10)16)12-17-6-9(5-14)18-12/h2-4,9,14,16H,5-6H2,1H3,(H,13,15)/t9-,12?/m1/s1. The van der Waals surface area contributed by atoms with Crippen molar-refractivity contribution < 1.29 is 15.0 Å². The Balaban J connectivity index is 2.16. The molecule has 1 aromatic carbocycles. The first-order chi connectivity index (χ1) is 8.60. The Kier molecular flexibility index (Phi) is 4.90. The van der Waals surface area contributed by atoms with Crippen LogP contribution in [-0.2, 0) is 4.79 Å². The summed E-state index contributed by atoms with van der Waals surface area (Å²) in [6, 6.07) is 5.40. The third kappa shape index (κ3) is 3.38. The van der Waals surface area contributed by atoms with Gasteiger partial charge in [0.2, 0.25) is 0 Å². The molecule has 1 fully saturated rings. The van der Waals surface area contributed by atoms with Gasteiger partial charge in [-0.15, -0.1) is 0 Å². The Bertz CT molecular complexity index is 458. The van der Waals surface area contributed by atoms with Gasteiger partial charge in [0, 0.05) is 0 Å². The summed E-state index contributed by atoms with van der Waals surface area (Å²) in [5, 5.41) is 21.8. The molecule has 2 rings (SSSR count). The summed E-state index contributed by atoms with van der Waals surface area (Å²) >= 11 is -1.27. The van der Waals surface area contributed by atoms with E-state index in [0.29, 0.717) is 10.9 Å². The number of phenols is 1. The average Bonchev–Trinajstić information content (AvgIpc) is 2.80. The van der Waals surface area contributed by atoms with Crippen LogP contribution in [0.3, 0.4) is 0 Å². The molecule has 1 aromatic rings. The second-order valence-corrected chi connectivity index (χ2v) is 15.4. The van der Waals surface area contributed by atoms with Gasteiger partial charge >= 0.3 is 117 Å². The number of amides is 1. The molecule has 1 aliphatic heterocycles. The minimum atomic E-state index is -1.27. The van der Waals surface area contributed by atoms with Crippen LogP contribution in [-0.4, -0.2) is 46.1 Å². The molecule has 0 aliphatic carbocycles. The quantitative estimate of drug-likeness (QED) is 0.560. The molecule has 1 aliphatic rings. The Morgan fingerprint density at radius 1 is 1.61 bits per heavy atom. The third-order valence-electron chi connectivity index (χ3n) is 2.33. The van der Waals surface area contributed by atoms with Crippen LogP contribution >= 0.6 is 20.0 Å². The molecular formula is C11H14AsNO3S2. The van der Waals surface area contributed by atoms with E-state index in [4.69, 9.17) is 5.11 Å². The molecule has 1 saturated heterocycles. The Labute approximate surface area is 117 Å². The fourth-order valence-corrected chi connectivity index (χ4v) is 16.9. The molecule has 1 heterocycles. The van der Waals surface area contributed by atoms with Crippen LogP contribution < -0.4 is 9.67 Å². The number of hydrogen-bond acceptors (Lipinski definition) is 5. The van der Waals surface area contributed by atoms with Gasteiger partial charge in [-0.05, 0) is 0 Å². The molecule has 4 nitrogen and oxygen atoms in total. The molecule has 7 heteroatoms. The van der Waals surface area contributed by atoms with Gasteiger partial charge in [0.1, 0.15) is 0 Å². The van der Waals surface area contributed by atoms with Gasteiger partial charge < -0.3 is 0 Å². The van der Waals surface area contributed by atoms with Crippen molar-refractivity contribution in [2.75, 3.05) is 17.7 Å². The van der Waals surface area contributed by atoms with Crippen molar-refractivity contribution in [3.05, 3.63) is 18.2 Å². The molecule has 98 valence electrons. The van der Waals surface area contributed by atoms with Gasteiger partial charge in [-0.2, -0.15) is 0 Å². The molecule has 0 radical (unpaired) electrons. The summed E-state index contributed by atoms with van der Waals surface area (Å²) in [5.41, 5.74) is 0.475. The van der Waals surface area contributed by atoms with Crippen molar-refractivity contribution in [3.8, 4) is 5.75 Å². The number of aromatic hydroxyl groups is 1. The van der Waals surface area contributed by atoms with Gasteiger partial charge in [-0.25, -0.2) is 0 Å². The second kappa shape index (κ2) is 6.24. The first-order valence-corrected chi connectivity index (χ1v) is 12.7.